The van der Waals surface area contributed by atoms with Crippen molar-refractivity contribution in [2.45, 2.75) is 38.5 Å². The molecular weight excluding hydrogens is 290 g/mol. The number of rotatable bonds is 3. The van der Waals surface area contributed by atoms with Crippen molar-refractivity contribution in [2.75, 3.05) is 6.26 Å². The smallest absolute Gasteiger partial charge is 0.148 e. The van der Waals surface area contributed by atoms with Gasteiger partial charge in [-0.2, -0.15) is 0 Å². The molecule has 0 aliphatic heterocycles. The summed E-state index contributed by atoms with van der Waals surface area (Å²) in [4.78, 5) is 10.3. The van der Waals surface area contributed by atoms with Gasteiger partial charge in [0.25, 0.3) is 0 Å². The minimum atomic E-state index is 0.535. The standard InChI is InChI=1S/C18H21N3S/c1-11(2)14-6-7-16(17(8-14)22-5)21-10-12(3)15-9-19-13(4)20-18(15)21/h6-11H,1-5H3. The highest BCUT2D eigenvalue weighted by Crippen LogP contribution is 2.31. The first-order valence-corrected chi connectivity index (χ1v) is 8.73. The third kappa shape index (κ3) is 2.52. The quantitative estimate of drug-likeness (QED) is 0.646. The van der Waals surface area contributed by atoms with E-state index in [1.54, 1.807) is 11.8 Å². The van der Waals surface area contributed by atoms with Crippen molar-refractivity contribution >= 4 is 22.8 Å². The summed E-state index contributed by atoms with van der Waals surface area (Å²) in [5.74, 6) is 1.34. The second-order valence-electron chi connectivity index (χ2n) is 5.92. The van der Waals surface area contributed by atoms with Crippen LogP contribution >= 0.6 is 11.8 Å². The van der Waals surface area contributed by atoms with E-state index in [0.29, 0.717) is 5.92 Å². The normalized spacial score (nSPS) is 11.5. The maximum Gasteiger partial charge on any atom is 0.148 e. The van der Waals surface area contributed by atoms with Crippen LogP contribution in [0.3, 0.4) is 0 Å². The molecule has 0 aliphatic rings. The molecular formula is C18H21N3S. The molecule has 0 spiro atoms. The van der Waals surface area contributed by atoms with E-state index in [1.807, 2.05) is 13.1 Å². The molecule has 2 aromatic heterocycles. The third-order valence-corrected chi connectivity index (χ3v) is 4.76. The average Bonchev–Trinajstić information content (AvgIpc) is 2.82. The second kappa shape index (κ2) is 5.76. The molecule has 0 radical (unpaired) electrons. The predicted molar refractivity (Wildman–Crippen MR) is 94.2 cm³/mol. The van der Waals surface area contributed by atoms with Crippen molar-refractivity contribution in [1.29, 1.82) is 0 Å². The molecule has 0 amide bonds. The second-order valence-corrected chi connectivity index (χ2v) is 6.77. The van der Waals surface area contributed by atoms with Gasteiger partial charge in [0.1, 0.15) is 11.5 Å². The van der Waals surface area contributed by atoms with E-state index in [1.165, 1.54) is 21.7 Å². The van der Waals surface area contributed by atoms with Crippen LogP contribution in [0.25, 0.3) is 16.7 Å². The Kier molecular flexibility index (Phi) is 3.96. The maximum absolute atomic E-state index is 4.65. The van der Waals surface area contributed by atoms with Gasteiger partial charge in [0, 0.05) is 22.7 Å². The van der Waals surface area contributed by atoms with E-state index >= 15 is 0 Å². The van der Waals surface area contributed by atoms with E-state index in [2.05, 4.69) is 66.0 Å². The van der Waals surface area contributed by atoms with Crippen molar-refractivity contribution < 1.29 is 0 Å². The lowest BCUT2D eigenvalue weighted by Crippen LogP contribution is -1.99. The van der Waals surface area contributed by atoms with Crippen LogP contribution in [0.4, 0.5) is 0 Å². The Morgan fingerprint density at radius 1 is 1.18 bits per heavy atom. The summed E-state index contributed by atoms with van der Waals surface area (Å²) < 4.78 is 2.19. The Morgan fingerprint density at radius 2 is 1.95 bits per heavy atom. The summed E-state index contributed by atoms with van der Waals surface area (Å²) in [6.07, 6.45) is 6.20. The monoisotopic (exact) mass is 311 g/mol. The third-order valence-electron chi connectivity index (χ3n) is 3.99. The molecule has 22 heavy (non-hydrogen) atoms. The summed E-state index contributed by atoms with van der Waals surface area (Å²) in [6, 6.07) is 6.71. The minimum absolute atomic E-state index is 0.535. The average molecular weight is 311 g/mol. The van der Waals surface area contributed by atoms with E-state index in [4.69, 9.17) is 0 Å². The van der Waals surface area contributed by atoms with Gasteiger partial charge in [-0.15, -0.1) is 11.8 Å². The van der Waals surface area contributed by atoms with Crippen LogP contribution in [0.2, 0.25) is 0 Å². The number of benzene rings is 1. The largest absolute Gasteiger partial charge is 0.300 e. The summed E-state index contributed by atoms with van der Waals surface area (Å²) in [7, 11) is 0. The molecule has 0 saturated heterocycles. The molecule has 2 heterocycles. The van der Waals surface area contributed by atoms with Crippen LogP contribution in [-0.4, -0.2) is 20.8 Å². The fraction of sp³-hybridized carbons (Fsp3) is 0.333. The summed E-state index contributed by atoms with van der Waals surface area (Å²) >= 11 is 1.78. The molecule has 0 aliphatic carbocycles. The SMILES string of the molecule is CSc1cc(C(C)C)ccc1-n1cc(C)c2cnc(C)nc21. The lowest BCUT2D eigenvalue weighted by molar-refractivity contribution is 0.859. The summed E-state index contributed by atoms with van der Waals surface area (Å²) in [5, 5.41) is 1.12. The van der Waals surface area contributed by atoms with Crippen LogP contribution in [0.5, 0.6) is 0 Å². The molecule has 3 rings (SSSR count). The first-order valence-electron chi connectivity index (χ1n) is 7.51. The molecule has 0 bridgehead atoms. The van der Waals surface area contributed by atoms with Crippen molar-refractivity contribution in [3.05, 3.63) is 47.5 Å². The van der Waals surface area contributed by atoms with Crippen molar-refractivity contribution in [3.63, 3.8) is 0 Å². The van der Waals surface area contributed by atoms with Gasteiger partial charge in [0.05, 0.1) is 5.69 Å². The zero-order valence-corrected chi connectivity index (χ0v) is 14.5. The van der Waals surface area contributed by atoms with Crippen LogP contribution in [-0.2, 0) is 0 Å². The van der Waals surface area contributed by atoms with E-state index < -0.39 is 0 Å². The zero-order chi connectivity index (χ0) is 15.9. The van der Waals surface area contributed by atoms with Gasteiger partial charge in [0.15, 0.2) is 0 Å². The lowest BCUT2D eigenvalue weighted by atomic mass is 10.0. The molecule has 1 aromatic carbocycles. The highest BCUT2D eigenvalue weighted by molar-refractivity contribution is 7.98. The topological polar surface area (TPSA) is 30.7 Å². The molecule has 3 aromatic rings. The Balaban J connectivity index is 2.25. The number of nitrogens with zero attached hydrogens (tertiary/aromatic N) is 3. The number of thioether (sulfide) groups is 1. The number of fused-ring (bicyclic) bond motifs is 1. The predicted octanol–water partition coefficient (Wildman–Crippen LogP) is 4.88. The summed E-state index contributed by atoms with van der Waals surface area (Å²) in [5.41, 5.74) is 4.74. The van der Waals surface area contributed by atoms with Crippen molar-refractivity contribution in [1.82, 2.24) is 14.5 Å². The molecule has 3 nitrogen and oxygen atoms in total. The fourth-order valence-corrected chi connectivity index (χ4v) is 3.31. The first-order chi connectivity index (χ1) is 10.5. The highest BCUT2D eigenvalue weighted by Gasteiger charge is 2.13. The van der Waals surface area contributed by atoms with E-state index in [0.717, 1.165) is 16.9 Å². The molecule has 0 saturated carbocycles. The molecule has 114 valence electrons. The molecule has 0 N–H and O–H groups in total. The number of hydrogen-bond donors (Lipinski definition) is 0. The van der Waals surface area contributed by atoms with Crippen molar-refractivity contribution in [3.8, 4) is 5.69 Å². The Bertz CT molecular complexity index is 834. The zero-order valence-electron chi connectivity index (χ0n) is 13.7. The Morgan fingerprint density at radius 3 is 2.64 bits per heavy atom. The van der Waals surface area contributed by atoms with Gasteiger partial charge in [-0.25, -0.2) is 9.97 Å². The Hall–Kier alpha value is -1.81. The van der Waals surface area contributed by atoms with E-state index in [9.17, 15) is 0 Å². The number of hydrogen-bond acceptors (Lipinski definition) is 3. The highest BCUT2D eigenvalue weighted by atomic mass is 32.2. The van der Waals surface area contributed by atoms with E-state index in [-0.39, 0.29) is 0 Å². The van der Waals surface area contributed by atoms with Crippen LogP contribution in [0.15, 0.2) is 35.5 Å². The lowest BCUT2D eigenvalue weighted by Gasteiger charge is -2.13. The first kappa shape index (κ1) is 15.1. The summed E-state index contributed by atoms with van der Waals surface area (Å²) in [6.45, 7) is 8.50. The van der Waals surface area contributed by atoms with Crippen LogP contribution in [0.1, 0.15) is 36.7 Å². The maximum atomic E-state index is 4.65. The number of aryl methyl sites for hydroxylation is 2. The fourth-order valence-electron chi connectivity index (χ4n) is 2.68. The van der Waals surface area contributed by atoms with Crippen LogP contribution in [0, 0.1) is 13.8 Å². The molecule has 4 heteroatoms. The minimum Gasteiger partial charge on any atom is -0.300 e. The van der Waals surface area contributed by atoms with Crippen molar-refractivity contribution in [2.24, 2.45) is 0 Å². The molecule has 0 fully saturated rings. The number of aromatic nitrogens is 3. The van der Waals surface area contributed by atoms with Gasteiger partial charge in [-0.05, 0) is 49.3 Å². The molecule has 0 atom stereocenters. The van der Waals surface area contributed by atoms with Gasteiger partial charge in [-0.1, -0.05) is 19.9 Å². The van der Waals surface area contributed by atoms with Gasteiger partial charge in [0.2, 0.25) is 0 Å². The molecule has 0 unspecified atom stereocenters. The van der Waals surface area contributed by atoms with Gasteiger partial charge >= 0.3 is 0 Å². The van der Waals surface area contributed by atoms with Gasteiger partial charge in [-0.3, -0.25) is 4.57 Å². The Labute approximate surface area is 135 Å². The van der Waals surface area contributed by atoms with Gasteiger partial charge < -0.3 is 0 Å². The van der Waals surface area contributed by atoms with Crippen LogP contribution < -0.4 is 0 Å².